The average molecular weight is 313 g/mol. The highest BCUT2D eigenvalue weighted by atomic mass is 79.9. The summed E-state index contributed by atoms with van der Waals surface area (Å²) in [7, 11) is 0. The van der Waals surface area contributed by atoms with Gasteiger partial charge in [0.25, 0.3) is 0 Å². The van der Waals surface area contributed by atoms with Gasteiger partial charge in [0.05, 0.1) is 6.42 Å². The maximum atomic E-state index is 11.7. The molecular formula is C13H17BrN2O2. The van der Waals surface area contributed by atoms with Gasteiger partial charge in [0.1, 0.15) is 6.04 Å². The van der Waals surface area contributed by atoms with Gasteiger partial charge in [0.2, 0.25) is 11.8 Å². The predicted molar refractivity (Wildman–Crippen MR) is 74.1 cm³/mol. The van der Waals surface area contributed by atoms with E-state index in [1.165, 1.54) is 0 Å². The molecule has 0 radical (unpaired) electrons. The number of hydrogen-bond donors (Lipinski definition) is 2. The van der Waals surface area contributed by atoms with Gasteiger partial charge in [0.15, 0.2) is 0 Å². The second-order valence-electron chi connectivity index (χ2n) is 3.99. The molecule has 0 spiro atoms. The monoisotopic (exact) mass is 312 g/mol. The first-order chi connectivity index (χ1) is 8.52. The molecule has 18 heavy (non-hydrogen) atoms. The molecule has 0 aliphatic heterocycles. The molecule has 0 saturated carbocycles. The number of carbonyl (C=O) groups is 2. The number of benzene rings is 1. The summed E-state index contributed by atoms with van der Waals surface area (Å²) in [6.07, 6.45) is 0.275. The number of halogens is 1. The lowest BCUT2D eigenvalue weighted by molar-refractivity contribution is -0.128. The van der Waals surface area contributed by atoms with Gasteiger partial charge in [-0.25, -0.2) is 0 Å². The van der Waals surface area contributed by atoms with E-state index in [-0.39, 0.29) is 18.2 Å². The zero-order chi connectivity index (χ0) is 13.5. The molecule has 0 aliphatic carbocycles. The molecule has 2 N–H and O–H groups in total. The van der Waals surface area contributed by atoms with Gasteiger partial charge >= 0.3 is 0 Å². The molecule has 0 aliphatic rings. The highest BCUT2D eigenvalue weighted by Gasteiger charge is 2.14. The van der Waals surface area contributed by atoms with Crippen molar-refractivity contribution in [3.63, 3.8) is 0 Å². The average Bonchev–Trinajstić information content (AvgIpc) is 2.32. The molecule has 0 saturated heterocycles. The first kappa shape index (κ1) is 14.7. The van der Waals surface area contributed by atoms with Crippen molar-refractivity contribution < 1.29 is 9.59 Å². The number of hydrogen-bond acceptors (Lipinski definition) is 2. The van der Waals surface area contributed by atoms with Crippen LogP contribution in [0.1, 0.15) is 19.4 Å². The maximum Gasteiger partial charge on any atom is 0.242 e. The summed E-state index contributed by atoms with van der Waals surface area (Å²) in [5, 5.41) is 5.33. The Morgan fingerprint density at radius 1 is 1.28 bits per heavy atom. The van der Waals surface area contributed by atoms with Gasteiger partial charge in [-0.1, -0.05) is 28.1 Å². The second-order valence-corrected chi connectivity index (χ2v) is 4.90. The Labute approximate surface area is 115 Å². The molecule has 1 aromatic carbocycles. The van der Waals surface area contributed by atoms with Gasteiger partial charge in [-0.2, -0.15) is 0 Å². The zero-order valence-corrected chi connectivity index (χ0v) is 12.1. The normalized spacial score (nSPS) is 11.7. The lowest BCUT2D eigenvalue weighted by Crippen LogP contribution is -2.45. The lowest BCUT2D eigenvalue weighted by atomic mass is 10.1. The van der Waals surface area contributed by atoms with Crippen molar-refractivity contribution in [3.8, 4) is 0 Å². The Kier molecular flexibility index (Phi) is 5.85. The summed E-state index contributed by atoms with van der Waals surface area (Å²) >= 11 is 3.33. The largest absolute Gasteiger partial charge is 0.355 e. The summed E-state index contributed by atoms with van der Waals surface area (Å²) in [6, 6.07) is 7.01. The van der Waals surface area contributed by atoms with Gasteiger partial charge in [-0.3, -0.25) is 9.59 Å². The smallest absolute Gasteiger partial charge is 0.242 e. The van der Waals surface area contributed by atoms with E-state index in [4.69, 9.17) is 0 Å². The van der Waals surface area contributed by atoms with E-state index in [1.807, 2.05) is 31.2 Å². The maximum absolute atomic E-state index is 11.7. The van der Waals surface area contributed by atoms with E-state index in [9.17, 15) is 9.59 Å². The van der Waals surface area contributed by atoms with E-state index >= 15 is 0 Å². The fraction of sp³-hybridized carbons (Fsp3) is 0.385. The molecule has 0 fully saturated rings. The Balaban J connectivity index is 2.46. The van der Waals surface area contributed by atoms with E-state index in [0.29, 0.717) is 6.54 Å². The Bertz CT molecular complexity index is 418. The Morgan fingerprint density at radius 2 is 1.89 bits per heavy atom. The van der Waals surface area contributed by atoms with Crippen molar-refractivity contribution in [3.05, 3.63) is 34.3 Å². The molecule has 1 rings (SSSR count). The third kappa shape index (κ3) is 4.87. The number of likely N-dealkylation sites (N-methyl/N-ethyl adjacent to an activating group) is 1. The summed E-state index contributed by atoms with van der Waals surface area (Å²) in [5.74, 6) is -0.322. The molecule has 1 atom stereocenters. The molecular weight excluding hydrogens is 296 g/mol. The van der Waals surface area contributed by atoms with Gasteiger partial charge in [-0.05, 0) is 31.5 Å². The minimum atomic E-state index is -0.507. The van der Waals surface area contributed by atoms with Crippen molar-refractivity contribution in [1.29, 1.82) is 0 Å². The molecule has 0 bridgehead atoms. The summed E-state index contributed by atoms with van der Waals surface area (Å²) in [6.45, 7) is 4.07. The van der Waals surface area contributed by atoms with Crippen LogP contribution in [0.25, 0.3) is 0 Å². The minimum Gasteiger partial charge on any atom is -0.355 e. The molecule has 0 heterocycles. The van der Waals surface area contributed by atoms with E-state index < -0.39 is 6.04 Å². The standard InChI is InChI=1S/C13H17BrN2O2/c1-3-15-13(18)9(2)16-12(17)8-10-4-6-11(14)7-5-10/h4-7,9H,3,8H2,1-2H3,(H,15,18)(H,16,17)/t9-/m0/s1. The molecule has 0 aromatic heterocycles. The van der Waals surface area contributed by atoms with E-state index in [0.717, 1.165) is 10.0 Å². The van der Waals surface area contributed by atoms with Crippen LogP contribution in [-0.2, 0) is 16.0 Å². The van der Waals surface area contributed by atoms with E-state index in [1.54, 1.807) is 6.92 Å². The first-order valence-corrected chi connectivity index (χ1v) is 6.63. The van der Waals surface area contributed by atoms with Crippen LogP contribution in [0.4, 0.5) is 0 Å². The Morgan fingerprint density at radius 3 is 2.44 bits per heavy atom. The van der Waals surface area contributed by atoms with Crippen molar-refractivity contribution in [2.75, 3.05) is 6.54 Å². The first-order valence-electron chi connectivity index (χ1n) is 5.84. The topological polar surface area (TPSA) is 58.2 Å². The molecule has 1 aromatic rings. The summed E-state index contributed by atoms with van der Waals surface area (Å²) in [5.41, 5.74) is 0.916. The van der Waals surface area contributed by atoms with Crippen LogP contribution < -0.4 is 10.6 Å². The molecule has 0 unspecified atom stereocenters. The number of carbonyl (C=O) groups excluding carboxylic acids is 2. The van der Waals surface area contributed by atoms with E-state index in [2.05, 4.69) is 26.6 Å². The van der Waals surface area contributed by atoms with Crippen LogP contribution in [-0.4, -0.2) is 24.4 Å². The van der Waals surface area contributed by atoms with Crippen molar-refractivity contribution in [2.24, 2.45) is 0 Å². The highest BCUT2D eigenvalue weighted by molar-refractivity contribution is 9.10. The lowest BCUT2D eigenvalue weighted by Gasteiger charge is -2.13. The van der Waals surface area contributed by atoms with Crippen molar-refractivity contribution in [1.82, 2.24) is 10.6 Å². The predicted octanol–water partition coefficient (Wildman–Crippen LogP) is 1.63. The van der Waals surface area contributed by atoms with Crippen molar-refractivity contribution >= 4 is 27.7 Å². The van der Waals surface area contributed by atoms with Gasteiger partial charge in [-0.15, -0.1) is 0 Å². The zero-order valence-electron chi connectivity index (χ0n) is 10.5. The fourth-order valence-electron chi connectivity index (χ4n) is 1.47. The molecule has 4 nitrogen and oxygen atoms in total. The third-order valence-electron chi connectivity index (χ3n) is 2.40. The second kappa shape index (κ2) is 7.16. The minimum absolute atomic E-state index is 0.156. The number of nitrogens with one attached hydrogen (secondary N) is 2. The number of rotatable bonds is 5. The Hall–Kier alpha value is -1.36. The summed E-state index contributed by atoms with van der Waals surface area (Å²) in [4.78, 5) is 23.2. The molecule has 2 amide bonds. The highest BCUT2D eigenvalue weighted by Crippen LogP contribution is 2.10. The van der Waals surface area contributed by atoms with Gasteiger partial charge < -0.3 is 10.6 Å². The fourth-order valence-corrected chi connectivity index (χ4v) is 1.74. The quantitative estimate of drug-likeness (QED) is 0.868. The van der Waals surface area contributed by atoms with Crippen LogP contribution in [0.2, 0.25) is 0 Å². The van der Waals surface area contributed by atoms with Crippen LogP contribution in [0.15, 0.2) is 28.7 Å². The summed E-state index contributed by atoms with van der Waals surface area (Å²) < 4.78 is 0.974. The number of amides is 2. The third-order valence-corrected chi connectivity index (χ3v) is 2.93. The molecule has 98 valence electrons. The van der Waals surface area contributed by atoms with Crippen LogP contribution >= 0.6 is 15.9 Å². The van der Waals surface area contributed by atoms with Crippen LogP contribution in [0.3, 0.4) is 0 Å². The van der Waals surface area contributed by atoms with Gasteiger partial charge in [0, 0.05) is 11.0 Å². The van der Waals surface area contributed by atoms with Crippen LogP contribution in [0, 0.1) is 0 Å². The van der Waals surface area contributed by atoms with Crippen LogP contribution in [0.5, 0.6) is 0 Å². The van der Waals surface area contributed by atoms with Crippen molar-refractivity contribution in [2.45, 2.75) is 26.3 Å². The molecule has 5 heteroatoms. The SMILES string of the molecule is CCNC(=O)[C@H](C)NC(=O)Cc1ccc(Br)cc1.